The molecule has 1 aliphatic heterocycles. The van der Waals surface area contributed by atoms with Gasteiger partial charge >= 0.3 is 0 Å². The lowest BCUT2D eigenvalue weighted by Gasteiger charge is -2.26. The molecule has 6 nitrogen and oxygen atoms in total. The molecule has 1 atom stereocenters. The third-order valence-corrected chi connectivity index (χ3v) is 3.48. The van der Waals surface area contributed by atoms with Crippen molar-refractivity contribution >= 4 is 11.6 Å². The lowest BCUT2D eigenvalue weighted by Crippen LogP contribution is -2.42. The van der Waals surface area contributed by atoms with Crippen molar-refractivity contribution < 1.29 is 4.79 Å². The quantitative estimate of drug-likeness (QED) is 0.863. The van der Waals surface area contributed by atoms with Gasteiger partial charge in [-0.05, 0) is 24.5 Å². The number of nitrogens with zero attached hydrogens (tertiary/aromatic N) is 3. The van der Waals surface area contributed by atoms with E-state index in [1.165, 1.54) is 5.56 Å². The van der Waals surface area contributed by atoms with Crippen molar-refractivity contribution in [2.45, 2.75) is 25.4 Å². The largest absolute Gasteiger partial charge is 0.373 e. The molecular weight excluding hydrogens is 254 g/mol. The molecule has 6 heteroatoms. The molecule has 2 aromatic rings. The Morgan fingerprint density at radius 2 is 2.35 bits per heavy atom. The Balaban J connectivity index is 1.51. The van der Waals surface area contributed by atoms with Crippen molar-refractivity contribution in [2.24, 2.45) is 0 Å². The van der Waals surface area contributed by atoms with Crippen LogP contribution >= 0.6 is 0 Å². The zero-order chi connectivity index (χ0) is 13.8. The molecule has 104 valence electrons. The monoisotopic (exact) mass is 271 g/mol. The number of aromatic nitrogens is 3. The summed E-state index contributed by atoms with van der Waals surface area (Å²) in [5.41, 5.74) is 2.34. The average Bonchev–Trinajstić information content (AvgIpc) is 3.00. The molecule has 2 heterocycles. The van der Waals surface area contributed by atoms with Gasteiger partial charge in [0.25, 0.3) is 0 Å². The Morgan fingerprint density at radius 3 is 3.20 bits per heavy atom. The number of para-hydroxylation sites is 1. The van der Waals surface area contributed by atoms with Crippen LogP contribution in [0.15, 0.2) is 36.7 Å². The summed E-state index contributed by atoms with van der Waals surface area (Å²) in [5.74, 6) is 0.0413. The van der Waals surface area contributed by atoms with Crippen LogP contribution in [-0.2, 0) is 17.8 Å². The molecule has 1 aliphatic rings. The van der Waals surface area contributed by atoms with E-state index in [1.54, 1.807) is 17.1 Å². The molecule has 0 bridgehead atoms. The van der Waals surface area contributed by atoms with Gasteiger partial charge in [-0.2, -0.15) is 0 Å². The lowest BCUT2D eigenvalue weighted by molar-refractivity contribution is -0.122. The van der Waals surface area contributed by atoms with Crippen molar-refractivity contribution in [1.29, 1.82) is 0 Å². The third-order valence-electron chi connectivity index (χ3n) is 3.48. The molecule has 0 fully saturated rings. The Morgan fingerprint density at radius 1 is 1.45 bits per heavy atom. The van der Waals surface area contributed by atoms with Crippen LogP contribution in [0.5, 0.6) is 0 Å². The summed E-state index contributed by atoms with van der Waals surface area (Å²) in [6, 6.07) is 7.97. The van der Waals surface area contributed by atoms with Gasteiger partial charge in [-0.3, -0.25) is 9.48 Å². The number of nitrogens with one attached hydrogen (secondary N) is 2. The van der Waals surface area contributed by atoms with Gasteiger partial charge in [0.1, 0.15) is 6.04 Å². The predicted octanol–water partition coefficient (Wildman–Crippen LogP) is 0.821. The highest BCUT2D eigenvalue weighted by Crippen LogP contribution is 2.24. The van der Waals surface area contributed by atoms with Gasteiger partial charge in [0.15, 0.2) is 0 Å². The average molecular weight is 271 g/mol. The number of carbonyl (C=O) groups excluding carboxylic acids is 1. The van der Waals surface area contributed by atoms with Crippen molar-refractivity contribution in [2.75, 3.05) is 11.9 Å². The van der Waals surface area contributed by atoms with E-state index >= 15 is 0 Å². The first-order valence-electron chi connectivity index (χ1n) is 6.79. The molecular formula is C14H17N5O. The molecule has 0 saturated carbocycles. The SMILES string of the molecule is O=C(NCCn1ccnn1)C1CCc2ccccc2N1. The predicted molar refractivity (Wildman–Crippen MR) is 75.2 cm³/mol. The van der Waals surface area contributed by atoms with Crippen LogP contribution in [0.1, 0.15) is 12.0 Å². The van der Waals surface area contributed by atoms with E-state index < -0.39 is 0 Å². The summed E-state index contributed by atoms with van der Waals surface area (Å²) in [7, 11) is 0. The van der Waals surface area contributed by atoms with Crippen molar-refractivity contribution in [3.05, 3.63) is 42.2 Å². The number of amides is 1. The summed E-state index contributed by atoms with van der Waals surface area (Å²) in [6.07, 6.45) is 5.17. The van der Waals surface area contributed by atoms with Gasteiger partial charge in [-0.1, -0.05) is 23.4 Å². The van der Waals surface area contributed by atoms with Crippen molar-refractivity contribution in [3.63, 3.8) is 0 Å². The summed E-state index contributed by atoms with van der Waals surface area (Å²) in [6.45, 7) is 1.19. The van der Waals surface area contributed by atoms with E-state index in [-0.39, 0.29) is 11.9 Å². The Kier molecular flexibility index (Phi) is 3.62. The topological polar surface area (TPSA) is 71.8 Å². The maximum Gasteiger partial charge on any atom is 0.242 e. The molecule has 2 N–H and O–H groups in total. The fourth-order valence-electron chi connectivity index (χ4n) is 2.40. The van der Waals surface area contributed by atoms with Crippen molar-refractivity contribution in [1.82, 2.24) is 20.3 Å². The number of fused-ring (bicyclic) bond motifs is 1. The highest BCUT2D eigenvalue weighted by molar-refractivity contribution is 5.85. The molecule has 1 aromatic heterocycles. The second kappa shape index (κ2) is 5.73. The first-order chi connectivity index (χ1) is 9.83. The number of hydrogen-bond acceptors (Lipinski definition) is 4. The molecule has 20 heavy (non-hydrogen) atoms. The van der Waals surface area contributed by atoms with Gasteiger partial charge in [0.05, 0.1) is 12.7 Å². The minimum Gasteiger partial charge on any atom is -0.373 e. The second-order valence-corrected chi connectivity index (χ2v) is 4.85. The molecule has 1 unspecified atom stereocenters. The van der Waals surface area contributed by atoms with Crippen molar-refractivity contribution in [3.8, 4) is 0 Å². The Bertz CT molecular complexity index is 581. The zero-order valence-electron chi connectivity index (χ0n) is 11.1. The van der Waals surface area contributed by atoms with E-state index in [0.29, 0.717) is 13.1 Å². The highest BCUT2D eigenvalue weighted by atomic mass is 16.2. The Hall–Kier alpha value is -2.37. The van der Waals surface area contributed by atoms with Gasteiger partial charge in [-0.25, -0.2) is 0 Å². The van der Waals surface area contributed by atoms with E-state index in [9.17, 15) is 4.79 Å². The number of benzene rings is 1. The minimum absolute atomic E-state index is 0.0413. The number of anilines is 1. The maximum absolute atomic E-state index is 12.1. The Labute approximate surface area is 117 Å². The van der Waals surface area contributed by atoms with Crippen LogP contribution in [-0.4, -0.2) is 33.5 Å². The zero-order valence-corrected chi connectivity index (χ0v) is 11.1. The fraction of sp³-hybridized carbons (Fsp3) is 0.357. The van der Waals surface area contributed by atoms with Gasteiger partial charge in [0, 0.05) is 18.4 Å². The van der Waals surface area contributed by atoms with Gasteiger partial charge in [-0.15, -0.1) is 5.10 Å². The van der Waals surface area contributed by atoms with Crippen LogP contribution in [0.4, 0.5) is 5.69 Å². The van der Waals surface area contributed by atoms with Crippen LogP contribution in [0, 0.1) is 0 Å². The van der Waals surface area contributed by atoms with Crippen LogP contribution in [0.3, 0.4) is 0 Å². The van der Waals surface area contributed by atoms with E-state index in [0.717, 1.165) is 18.5 Å². The molecule has 0 saturated heterocycles. The maximum atomic E-state index is 12.1. The summed E-state index contributed by atoms with van der Waals surface area (Å²) in [5, 5.41) is 13.8. The molecule has 0 aliphatic carbocycles. The lowest BCUT2D eigenvalue weighted by atomic mass is 9.98. The smallest absolute Gasteiger partial charge is 0.242 e. The molecule has 0 spiro atoms. The molecule has 1 amide bonds. The second-order valence-electron chi connectivity index (χ2n) is 4.85. The summed E-state index contributed by atoms with van der Waals surface area (Å²) >= 11 is 0. The van der Waals surface area contributed by atoms with Gasteiger partial charge in [0.2, 0.25) is 5.91 Å². The first-order valence-corrected chi connectivity index (χ1v) is 6.79. The van der Waals surface area contributed by atoms with E-state index in [4.69, 9.17) is 0 Å². The summed E-state index contributed by atoms with van der Waals surface area (Å²) < 4.78 is 1.70. The number of hydrogen-bond donors (Lipinski definition) is 2. The van der Waals surface area contributed by atoms with Crippen LogP contribution < -0.4 is 10.6 Å². The normalized spacial score (nSPS) is 17.1. The molecule has 0 radical (unpaired) electrons. The van der Waals surface area contributed by atoms with Gasteiger partial charge < -0.3 is 10.6 Å². The number of aryl methyl sites for hydroxylation is 1. The molecule has 3 rings (SSSR count). The molecule has 1 aromatic carbocycles. The van der Waals surface area contributed by atoms with E-state index in [2.05, 4.69) is 27.0 Å². The highest BCUT2D eigenvalue weighted by Gasteiger charge is 2.23. The standard InChI is InChI=1S/C14H17N5O/c20-14(15-7-9-19-10-8-16-18-19)13-6-5-11-3-1-2-4-12(11)17-13/h1-4,8,10,13,17H,5-7,9H2,(H,15,20). The number of rotatable bonds is 4. The van der Waals surface area contributed by atoms with Crippen LogP contribution in [0.25, 0.3) is 0 Å². The van der Waals surface area contributed by atoms with Crippen LogP contribution in [0.2, 0.25) is 0 Å². The minimum atomic E-state index is -0.152. The van der Waals surface area contributed by atoms with E-state index in [1.807, 2.05) is 18.2 Å². The summed E-state index contributed by atoms with van der Waals surface area (Å²) in [4.78, 5) is 12.1. The number of carbonyl (C=O) groups is 1. The fourth-order valence-corrected chi connectivity index (χ4v) is 2.40. The first kappa shape index (κ1) is 12.7. The third kappa shape index (κ3) is 2.79.